The summed E-state index contributed by atoms with van der Waals surface area (Å²) in [6.07, 6.45) is 0. The average Bonchev–Trinajstić information content (AvgIpc) is 2.27. The molecule has 2 N–H and O–H groups in total. The average molecular weight is 248 g/mol. The van der Waals surface area contributed by atoms with Gasteiger partial charge < -0.3 is 10.6 Å². The molecule has 98 valence electrons. The Kier molecular flexibility index (Phi) is 4.48. The number of hydrogen-bond donors (Lipinski definition) is 2. The van der Waals surface area contributed by atoms with Gasteiger partial charge in [0.05, 0.1) is 0 Å². The van der Waals surface area contributed by atoms with Crippen LogP contribution in [0.15, 0.2) is 24.3 Å². The first kappa shape index (κ1) is 14.2. The first-order chi connectivity index (χ1) is 8.33. The molecule has 0 bridgehead atoms. The van der Waals surface area contributed by atoms with Crippen molar-refractivity contribution in [1.82, 2.24) is 10.6 Å². The van der Waals surface area contributed by atoms with Crippen molar-refractivity contribution in [3.8, 4) is 0 Å². The molecule has 0 aliphatic heterocycles. The highest BCUT2D eigenvalue weighted by molar-refractivity contribution is 5.98. The zero-order valence-electron chi connectivity index (χ0n) is 11.3. The number of hydrogen-bond acceptors (Lipinski definition) is 2. The summed E-state index contributed by atoms with van der Waals surface area (Å²) in [4.78, 5) is 23.4. The Morgan fingerprint density at radius 1 is 1.00 bits per heavy atom. The molecule has 1 aromatic carbocycles. The van der Waals surface area contributed by atoms with Crippen LogP contribution in [0.3, 0.4) is 0 Å². The maximum atomic E-state index is 11.9. The Labute approximate surface area is 108 Å². The SMILES string of the molecule is CCNC(=O)c1ccc(C(=O)NC(C)(C)C)cc1. The molecule has 0 atom stereocenters. The molecule has 0 spiro atoms. The Morgan fingerprint density at radius 3 is 1.83 bits per heavy atom. The molecule has 0 saturated carbocycles. The highest BCUT2D eigenvalue weighted by atomic mass is 16.2. The van der Waals surface area contributed by atoms with Crippen LogP contribution in [-0.2, 0) is 0 Å². The first-order valence-corrected chi connectivity index (χ1v) is 6.04. The van der Waals surface area contributed by atoms with Crippen LogP contribution in [0.1, 0.15) is 48.4 Å². The largest absolute Gasteiger partial charge is 0.352 e. The summed E-state index contributed by atoms with van der Waals surface area (Å²) < 4.78 is 0. The molecule has 4 nitrogen and oxygen atoms in total. The van der Waals surface area contributed by atoms with Crippen LogP contribution < -0.4 is 10.6 Å². The molecule has 0 heterocycles. The molecule has 2 amide bonds. The summed E-state index contributed by atoms with van der Waals surface area (Å²) in [7, 11) is 0. The molecule has 18 heavy (non-hydrogen) atoms. The zero-order chi connectivity index (χ0) is 13.8. The fourth-order valence-corrected chi connectivity index (χ4v) is 1.45. The van der Waals surface area contributed by atoms with E-state index in [4.69, 9.17) is 0 Å². The van der Waals surface area contributed by atoms with E-state index in [2.05, 4.69) is 10.6 Å². The third-order valence-corrected chi connectivity index (χ3v) is 2.24. The predicted molar refractivity (Wildman–Crippen MR) is 71.7 cm³/mol. The number of carbonyl (C=O) groups is 2. The molecule has 1 rings (SSSR count). The molecule has 0 saturated heterocycles. The molecular weight excluding hydrogens is 228 g/mol. The smallest absolute Gasteiger partial charge is 0.251 e. The van der Waals surface area contributed by atoms with Gasteiger partial charge in [-0.15, -0.1) is 0 Å². The van der Waals surface area contributed by atoms with Crippen molar-refractivity contribution in [3.05, 3.63) is 35.4 Å². The third kappa shape index (κ3) is 4.20. The highest BCUT2D eigenvalue weighted by Crippen LogP contribution is 2.07. The quantitative estimate of drug-likeness (QED) is 0.859. The molecular formula is C14H20N2O2. The van der Waals surface area contributed by atoms with E-state index in [9.17, 15) is 9.59 Å². The summed E-state index contributed by atoms with van der Waals surface area (Å²) in [5, 5.41) is 5.58. The van der Waals surface area contributed by atoms with Gasteiger partial charge in [0.2, 0.25) is 0 Å². The van der Waals surface area contributed by atoms with Gasteiger partial charge in [-0.3, -0.25) is 9.59 Å². The minimum atomic E-state index is -0.269. The van der Waals surface area contributed by atoms with E-state index in [1.54, 1.807) is 24.3 Å². The fraction of sp³-hybridized carbons (Fsp3) is 0.429. The normalized spacial score (nSPS) is 10.9. The molecule has 4 heteroatoms. The van der Waals surface area contributed by atoms with Crippen LogP contribution in [0, 0.1) is 0 Å². The van der Waals surface area contributed by atoms with Crippen molar-refractivity contribution >= 4 is 11.8 Å². The van der Waals surface area contributed by atoms with Gasteiger partial charge in [-0.1, -0.05) is 0 Å². The topological polar surface area (TPSA) is 58.2 Å². The Morgan fingerprint density at radius 2 is 1.44 bits per heavy atom. The lowest BCUT2D eigenvalue weighted by Gasteiger charge is -2.20. The standard InChI is InChI=1S/C14H20N2O2/c1-5-15-12(17)10-6-8-11(9-7-10)13(18)16-14(2,3)4/h6-9H,5H2,1-4H3,(H,15,17)(H,16,18). The van der Waals surface area contributed by atoms with Gasteiger partial charge in [-0.2, -0.15) is 0 Å². The van der Waals surface area contributed by atoms with Gasteiger partial charge in [0.1, 0.15) is 0 Å². The van der Waals surface area contributed by atoms with Crippen molar-refractivity contribution in [3.63, 3.8) is 0 Å². The molecule has 1 aromatic rings. The maximum Gasteiger partial charge on any atom is 0.251 e. The lowest BCUT2D eigenvalue weighted by molar-refractivity contribution is 0.0915. The van der Waals surface area contributed by atoms with Crippen molar-refractivity contribution in [1.29, 1.82) is 0 Å². The predicted octanol–water partition coefficient (Wildman–Crippen LogP) is 1.96. The third-order valence-electron chi connectivity index (χ3n) is 2.24. The second kappa shape index (κ2) is 5.67. The lowest BCUT2D eigenvalue weighted by Crippen LogP contribution is -2.40. The van der Waals surface area contributed by atoms with Gasteiger partial charge >= 0.3 is 0 Å². The van der Waals surface area contributed by atoms with Gasteiger partial charge in [0, 0.05) is 23.2 Å². The van der Waals surface area contributed by atoms with E-state index >= 15 is 0 Å². The second-order valence-electron chi connectivity index (χ2n) is 5.14. The number of carbonyl (C=O) groups excluding carboxylic acids is 2. The maximum absolute atomic E-state index is 11.9. The fourth-order valence-electron chi connectivity index (χ4n) is 1.45. The minimum Gasteiger partial charge on any atom is -0.352 e. The molecule has 0 aliphatic rings. The van der Waals surface area contributed by atoms with Crippen molar-refractivity contribution < 1.29 is 9.59 Å². The number of benzene rings is 1. The van der Waals surface area contributed by atoms with Gasteiger partial charge in [0.15, 0.2) is 0 Å². The Bertz CT molecular complexity index is 430. The number of nitrogens with one attached hydrogen (secondary N) is 2. The lowest BCUT2D eigenvalue weighted by atomic mass is 10.1. The van der Waals surface area contributed by atoms with Crippen molar-refractivity contribution in [2.75, 3.05) is 6.54 Å². The van der Waals surface area contributed by atoms with Gasteiger partial charge in [-0.25, -0.2) is 0 Å². The van der Waals surface area contributed by atoms with Crippen LogP contribution in [0.4, 0.5) is 0 Å². The number of amides is 2. The summed E-state index contributed by atoms with van der Waals surface area (Å²) in [6, 6.07) is 6.63. The van der Waals surface area contributed by atoms with E-state index in [1.807, 2.05) is 27.7 Å². The molecule has 0 radical (unpaired) electrons. The van der Waals surface area contributed by atoms with E-state index in [1.165, 1.54) is 0 Å². The second-order valence-corrected chi connectivity index (χ2v) is 5.14. The van der Waals surface area contributed by atoms with E-state index in [0.717, 1.165) is 0 Å². The van der Waals surface area contributed by atoms with Crippen molar-refractivity contribution in [2.24, 2.45) is 0 Å². The van der Waals surface area contributed by atoms with Crippen molar-refractivity contribution in [2.45, 2.75) is 33.2 Å². The van der Waals surface area contributed by atoms with Gasteiger partial charge in [0.25, 0.3) is 11.8 Å². The van der Waals surface area contributed by atoms with Crippen LogP contribution in [0.2, 0.25) is 0 Å². The zero-order valence-corrected chi connectivity index (χ0v) is 11.3. The highest BCUT2D eigenvalue weighted by Gasteiger charge is 2.15. The van der Waals surface area contributed by atoms with E-state index in [-0.39, 0.29) is 17.4 Å². The molecule has 0 fully saturated rings. The molecule has 0 unspecified atom stereocenters. The monoisotopic (exact) mass is 248 g/mol. The Hall–Kier alpha value is -1.84. The van der Waals surface area contributed by atoms with E-state index < -0.39 is 0 Å². The van der Waals surface area contributed by atoms with Crippen LogP contribution in [0.25, 0.3) is 0 Å². The minimum absolute atomic E-state index is 0.125. The molecule has 0 aromatic heterocycles. The van der Waals surface area contributed by atoms with Crippen LogP contribution in [0.5, 0.6) is 0 Å². The van der Waals surface area contributed by atoms with Crippen LogP contribution in [-0.4, -0.2) is 23.9 Å². The van der Waals surface area contributed by atoms with Gasteiger partial charge in [-0.05, 0) is 52.0 Å². The summed E-state index contributed by atoms with van der Waals surface area (Å²) in [5.41, 5.74) is 0.845. The summed E-state index contributed by atoms with van der Waals surface area (Å²) in [5.74, 6) is -0.259. The summed E-state index contributed by atoms with van der Waals surface area (Å²) >= 11 is 0. The summed E-state index contributed by atoms with van der Waals surface area (Å²) in [6.45, 7) is 8.23. The Balaban J connectivity index is 2.77. The molecule has 0 aliphatic carbocycles. The number of rotatable bonds is 3. The first-order valence-electron chi connectivity index (χ1n) is 6.04. The van der Waals surface area contributed by atoms with Crippen LogP contribution >= 0.6 is 0 Å². The van der Waals surface area contributed by atoms with E-state index in [0.29, 0.717) is 17.7 Å².